The first-order chi connectivity index (χ1) is 9.65. The maximum atomic E-state index is 12.1. The molecule has 0 aliphatic carbocycles. The number of ether oxygens (including phenoxy) is 2. The lowest BCUT2D eigenvalue weighted by molar-refractivity contribution is 0.0121. The SMILES string of the molecule is C#CCOC(=O)N[C@]1(C)CCCN(C(=O)OC(C)(C)C)C1. The number of piperidine rings is 1. The standard InChI is InChI=1S/C15H24N2O4/c1-6-10-20-12(18)16-15(5)8-7-9-17(11-15)13(19)21-14(2,3)4/h1H,7-11H2,2-5H3,(H,16,18)/t15-/m1/s1. The van der Waals surface area contributed by atoms with Crippen LogP contribution in [0.3, 0.4) is 0 Å². The van der Waals surface area contributed by atoms with Crippen molar-refractivity contribution >= 4 is 12.2 Å². The Balaban J connectivity index is 2.60. The first-order valence-electron chi connectivity index (χ1n) is 7.01. The molecule has 6 nitrogen and oxygen atoms in total. The number of nitrogens with zero attached hydrogens (tertiary/aromatic N) is 1. The predicted octanol–water partition coefficient (Wildman–Crippen LogP) is 2.14. The summed E-state index contributed by atoms with van der Waals surface area (Å²) < 4.78 is 10.2. The normalized spacial score (nSPS) is 22.1. The van der Waals surface area contributed by atoms with Crippen LogP contribution in [-0.2, 0) is 9.47 Å². The Morgan fingerprint density at radius 1 is 1.43 bits per heavy atom. The average molecular weight is 296 g/mol. The second-order valence-electron chi connectivity index (χ2n) is 6.47. The van der Waals surface area contributed by atoms with Gasteiger partial charge in [-0.15, -0.1) is 6.42 Å². The Kier molecular flexibility index (Phi) is 5.47. The fraction of sp³-hybridized carbons (Fsp3) is 0.733. The summed E-state index contributed by atoms with van der Waals surface area (Å²) in [4.78, 5) is 25.3. The van der Waals surface area contributed by atoms with Crippen LogP contribution in [0.15, 0.2) is 0 Å². The third-order valence-electron chi connectivity index (χ3n) is 3.04. The van der Waals surface area contributed by atoms with Gasteiger partial charge in [0.2, 0.25) is 0 Å². The van der Waals surface area contributed by atoms with Crippen molar-refractivity contribution in [3.05, 3.63) is 0 Å². The molecule has 0 aromatic heterocycles. The van der Waals surface area contributed by atoms with Gasteiger partial charge in [0, 0.05) is 13.1 Å². The number of nitrogens with one attached hydrogen (secondary N) is 1. The average Bonchev–Trinajstić information content (AvgIpc) is 2.33. The summed E-state index contributed by atoms with van der Waals surface area (Å²) in [5.41, 5.74) is -1.08. The van der Waals surface area contributed by atoms with Crippen LogP contribution in [-0.4, -0.2) is 47.9 Å². The zero-order valence-electron chi connectivity index (χ0n) is 13.2. The molecule has 6 heteroatoms. The Labute approximate surface area is 126 Å². The number of rotatable bonds is 2. The van der Waals surface area contributed by atoms with Gasteiger partial charge in [-0.05, 0) is 40.5 Å². The number of alkyl carbamates (subject to hydrolysis) is 1. The fourth-order valence-electron chi connectivity index (χ4n) is 2.21. The topological polar surface area (TPSA) is 67.9 Å². The first kappa shape index (κ1) is 17.2. The third kappa shape index (κ3) is 5.94. The molecule has 1 aliphatic heterocycles. The van der Waals surface area contributed by atoms with Gasteiger partial charge in [0.25, 0.3) is 0 Å². The zero-order chi connectivity index (χ0) is 16.1. The summed E-state index contributed by atoms with van der Waals surface area (Å²) >= 11 is 0. The minimum absolute atomic E-state index is 0.0717. The highest BCUT2D eigenvalue weighted by molar-refractivity contribution is 5.70. The molecule has 0 saturated carbocycles. The first-order valence-corrected chi connectivity index (χ1v) is 7.01. The van der Waals surface area contributed by atoms with Crippen LogP contribution in [0.2, 0.25) is 0 Å². The van der Waals surface area contributed by atoms with Gasteiger partial charge in [-0.3, -0.25) is 0 Å². The molecule has 1 aliphatic rings. The molecule has 2 amide bonds. The van der Waals surface area contributed by atoms with Crippen molar-refractivity contribution in [1.29, 1.82) is 0 Å². The van der Waals surface area contributed by atoms with Crippen molar-refractivity contribution in [2.45, 2.75) is 51.7 Å². The van der Waals surface area contributed by atoms with Crippen LogP contribution in [0, 0.1) is 12.3 Å². The van der Waals surface area contributed by atoms with Crippen LogP contribution >= 0.6 is 0 Å². The number of carbonyl (C=O) groups is 2. The summed E-state index contributed by atoms with van der Waals surface area (Å²) in [6.07, 6.45) is 5.65. The molecule has 1 atom stereocenters. The molecule has 1 heterocycles. The third-order valence-corrected chi connectivity index (χ3v) is 3.04. The molecule has 0 aromatic rings. The van der Waals surface area contributed by atoms with Crippen molar-refractivity contribution in [2.24, 2.45) is 0 Å². The van der Waals surface area contributed by atoms with Gasteiger partial charge in [-0.2, -0.15) is 0 Å². The van der Waals surface area contributed by atoms with Crippen LogP contribution in [0.5, 0.6) is 0 Å². The number of amides is 2. The zero-order valence-corrected chi connectivity index (χ0v) is 13.2. The van der Waals surface area contributed by atoms with Gasteiger partial charge < -0.3 is 19.7 Å². The Bertz CT molecular complexity index is 436. The highest BCUT2D eigenvalue weighted by atomic mass is 16.6. The second kappa shape index (κ2) is 6.70. The number of carbonyl (C=O) groups excluding carboxylic acids is 2. The van der Waals surface area contributed by atoms with Crippen LogP contribution < -0.4 is 5.32 Å². The molecule has 0 unspecified atom stereocenters. The summed E-state index contributed by atoms with van der Waals surface area (Å²) in [7, 11) is 0. The lowest BCUT2D eigenvalue weighted by Crippen LogP contribution is -2.58. The summed E-state index contributed by atoms with van der Waals surface area (Å²) in [6, 6.07) is 0. The van der Waals surface area contributed by atoms with Gasteiger partial charge in [0.1, 0.15) is 5.60 Å². The van der Waals surface area contributed by atoms with Crippen molar-refractivity contribution in [3.63, 3.8) is 0 Å². The molecular formula is C15H24N2O4. The summed E-state index contributed by atoms with van der Waals surface area (Å²) in [5.74, 6) is 2.23. The van der Waals surface area contributed by atoms with E-state index in [0.29, 0.717) is 13.1 Å². The summed E-state index contributed by atoms with van der Waals surface area (Å²) in [5, 5.41) is 2.77. The van der Waals surface area contributed by atoms with Gasteiger partial charge in [-0.25, -0.2) is 9.59 Å². The number of likely N-dealkylation sites (tertiary alicyclic amines) is 1. The quantitative estimate of drug-likeness (QED) is 0.793. The Hall–Kier alpha value is -1.90. The van der Waals surface area contributed by atoms with Crippen molar-refractivity contribution in [3.8, 4) is 12.3 Å². The number of terminal acetylenes is 1. The smallest absolute Gasteiger partial charge is 0.410 e. The number of hydrogen-bond acceptors (Lipinski definition) is 4. The molecule has 118 valence electrons. The van der Waals surface area contributed by atoms with E-state index in [4.69, 9.17) is 15.9 Å². The molecule has 0 spiro atoms. The van der Waals surface area contributed by atoms with E-state index in [1.54, 1.807) is 4.90 Å². The maximum Gasteiger partial charge on any atom is 0.410 e. The number of hydrogen-bond donors (Lipinski definition) is 1. The molecule has 1 saturated heterocycles. The van der Waals surface area contributed by atoms with Crippen molar-refractivity contribution < 1.29 is 19.1 Å². The molecule has 1 fully saturated rings. The molecule has 0 aromatic carbocycles. The minimum Gasteiger partial charge on any atom is -0.444 e. The lowest BCUT2D eigenvalue weighted by atomic mass is 9.91. The van der Waals surface area contributed by atoms with Crippen LogP contribution in [0.25, 0.3) is 0 Å². The predicted molar refractivity (Wildman–Crippen MR) is 78.8 cm³/mol. The largest absolute Gasteiger partial charge is 0.444 e. The Morgan fingerprint density at radius 3 is 2.67 bits per heavy atom. The molecule has 1 N–H and O–H groups in total. The van der Waals surface area contributed by atoms with Crippen LogP contribution in [0.4, 0.5) is 9.59 Å². The van der Waals surface area contributed by atoms with E-state index in [2.05, 4.69) is 11.2 Å². The molecule has 0 bridgehead atoms. The van der Waals surface area contributed by atoms with Crippen LogP contribution in [0.1, 0.15) is 40.5 Å². The highest BCUT2D eigenvalue weighted by Crippen LogP contribution is 2.22. The Morgan fingerprint density at radius 2 is 2.10 bits per heavy atom. The van der Waals surface area contributed by atoms with E-state index in [1.165, 1.54) is 0 Å². The minimum atomic E-state index is -0.568. The van der Waals surface area contributed by atoms with E-state index < -0.39 is 17.2 Å². The maximum absolute atomic E-state index is 12.1. The van der Waals surface area contributed by atoms with Crippen molar-refractivity contribution in [2.75, 3.05) is 19.7 Å². The van der Waals surface area contributed by atoms with E-state index in [1.807, 2.05) is 27.7 Å². The monoisotopic (exact) mass is 296 g/mol. The highest BCUT2D eigenvalue weighted by Gasteiger charge is 2.36. The molecular weight excluding hydrogens is 272 g/mol. The molecule has 21 heavy (non-hydrogen) atoms. The van der Waals surface area contributed by atoms with E-state index >= 15 is 0 Å². The van der Waals surface area contributed by atoms with E-state index in [0.717, 1.165) is 12.8 Å². The second-order valence-corrected chi connectivity index (χ2v) is 6.47. The van der Waals surface area contributed by atoms with E-state index in [-0.39, 0.29) is 12.7 Å². The van der Waals surface area contributed by atoms with Gasteiger partial charge in [0.15, 0.2) is 6.61 Å². The molecule has 0 radical (unpaired) electrons. The van der Waals surface area contributed by atoms with Gasteiger partial charge in [-0.1, -0.05) is 5.92 Å². The molecule has 1 rings (SSSR count). The summed E-state index contributed by atoms with van der Waals surface area (Å²) in [6.45, 7) is 8.27. The fourth-order valence-corrected chi connectivity index (χ4v) is 2.21. The van der Waals surface area contributed by atoms with E-state index in [9.17, 15) is 9.59 Å². The lowest BCUT2D eigenvalue weighted by Gasteiger charge is -2.40. The van der Waals surface area contributed by atoms with Gasteiger partial charge in [0.05, 0.1) is 5.54 Å². The van der Waals surface area contributed by atoms with Gasteiger partial charge >= 0.3 is 12.2 Å². The van der Waals surface area contributed by atoms with Crippen molar-refractivity contribution in [1.82, 2.24) is 10.2 Å².